The molecule has 0 unspecified atom stereocenters. The summed E-state index contributed by atoms with van der Waals surface area (Å²) in [6, 6.07) is 2.43. The van der Waals surface area contributed by atoms with Gasteiger partial charge in [-0.1, -0.05) is 30.1 Å². The van der Waals surface area contributed by atoms with Gasteiger partial charge in [0.05, 0.1) is 23.2 Å². The molecule has 1 amide bonds. The van der Waals surface area contributed by atoms with Crippen LogP contribution < -0.4 is 5.32 Å². The number of carbonyl (C=O) groups is 1. The summed E-state index contributed by atoms with van der Waals surface area (Å²) in [4.78, 5) is 22.2. The molecular formula is C12H12Cl2N2O4. The van der Waals surface area contributed by atoms with E-state index in [0.29, 0.717) is 19.8 Å². The fourth-order valence-corrected chi connectivity index (χ4v) is 2.18. The van der Waals surface area contributed by atoms with Gasteiger partial charge in [0.2, 0.25) is 0 Å². The Balaban J connectivity index is 2.15. The molecule has 0 saturated carbocycles. The van der Waals surface area contributed by atoms with E-state index in [2.05, 4.69) is 5.32 Å². The lowest BCUT2D eigenvalue weighted by molar-refractivity contribution is -0.384. The van der Waals surface area contributed by atoms with Gasteiger partial charge in [0, 0.05) is 23.6 Å². The van der Waals surface area contributed by atoms with E-state index in [1.807, 2.05) is 6.92 Å². The van der Waals surface area contributed by atoms with E-state index in [0.717, 1.165) is 6.07 Å². The van der Waals surface area contributed by atoms with E-state index in [1.54, 1.807) is 0 Å². The molecular weight excluding hydrogens is 307 g/mol. The second kappa shape index (κ2) is 5.55. The summed E-state index contributed by atoms with van der Waals surface area (Å²) >= 11 is 11.5. The van der Waals surface area contributed by atoms with Crippen molar-refractivity contribution >= 4 is 34.8 Å². The van der Waals surface area contributed by atoms with Crippen LogP contribution in [-0.4, -0.2) is 30.6 Å². The summed E-state index contributed by atoms with van der Waals surface area (Å²) in [6.07, 6.45) is 0. The zero-order chi connectivity index (χ0) is 14.9. The smallest absolute Gasteiger partial charge is 0.290 e. The summed E-state index contributed by atoms with van der Waals surface area (Å²) in [5.74, 6) is -0.431. The first-order valence-electron chi connectivity index (χ1n) is 5.82. The number of nitrogens with one attached hydrogen (secondary N) is 1. The van der Waals surface area contributed by atoms with E-state index < -0.39 is 10.8 Å². The number of hydrogen-bond acceptors (Lipinski definition) is 4. The quantitative estimate of drug-likeness (QED) is 0.683. The van der Waals surface area contributed by atoms with Crippen LogP contribution in [0.3, 0.4) is 0 Å². The van der Waals surface area contributed by atoms with Crippen molar-refractivity contribution in [2.24, 2.45) is 5.41 Å². The van der Waals surface area contributed by atoms with Gasteiger partial charge in [-0.3, -0.25) is 14.9 Å². The van der Waals surface area contributed by atoms with Crippen LogP contribution in [0.5, 0.6) is 0 Å². The summed E-state index contributed by atoms with van der Waals surface area (Å²) in [7, 11) is 0. The second-order valence-corrected chi connectivity index (χ2v) is 5.82. The molecule has 0 aliphatic carbocycles. The Morgan fingerprint density at radius 1 is 1.50 bits per heavy atom. The number of nitro benzene ring substituents is 1. The highest BCUT2D eigenvalue weighted by Crippen LogP contribution is 2.33. The Kier molecular flexibility index (Phi) is 4.17. The van der Waals surface area contributed by atoms with E-state index in [4.69, 9.17) is 27.9 Å². The normalized spacial score (nSPS) is 16.4. The number of ether oxygens (including phenoxy) is 1. The third-order valence-electron chi connectivity index (χ3n) is 3.04. The minimum Gasteiger partial charge on any atom is -0.380 e. The molecule has 1 N–H and O–H groups in total. The van der Waals surface area contributed by atoms with E-state index in [9.17, 15) is 14.9 Å². The van der Waals surface area contributed by atoms with Crippen molar-refractivity contribution in [3.63, 3.8) is 0 Å². The minimum absolute atomic E-state index is 0.0239. The number of nitrogens with zero attached hydrogens (tertiary/aromatic N) is 1. The lowest BCUT2D eigenvalue weighted by Crippen LogP contribution is -2.48. The fraction of sp³-hybridized carbons (Fsp3) is 0.417. The van der Waals surface area contributed by atoms with Crippen molar-refractivity contribution in [2.45, 2.75) is 6.92 Å². The average molecular weight is 319 g/mol. The molecule has 2 rings (SSSR count). The van der Waals surface area contributed by atoms with E-state index in [-0.39, 0.29) is 26.7 Å². The average Bonchev–Trinajstić information content (AvgIpc) is 2.36. The molecule has 1 heterocycles. The molecule has 0 bridgehead atoms. The molecule has 20 heavy (non-hydrogen) atoms. The van der Waals surface area contributed by atoms with Crippen molar-refractivity contribution in [3.8, 4) is 0 Å². The zero-order valence-corrected chi connectivity index (χ0v) is 12.1. The zero-order valence-electron chi connectivity index (χ0n) is 10.6. The lowest BCUT2D eigenvalue weighted by Gasteiger charge is -2.38. The highest BCUT2D eigenvalue weighted by atomic mass is 35.5. The van der Waals surface area contributed by atoms with E-state index in [1.165, 1.54) is 6.07 Å². The van der Waals surface area contributed by atoms with Gasteiger partial charge in [0.15, 0.2) is 0 Å². The van der Waals surface area contributed by atoms with Gasteiger partial charge < -0.3 is 10.1 Å². The Hall–Kier alpha value is -1.37. The maximum atomic E-state index is 12.0. The predicted molar refractivity (Wildman–Crippen MR) is 74.4 cm³/mol. The van der Waals surface area contributed by atoms with Crippen LogP contribution in [-0.2, 0) is 4.74 Å². The van der Waals surface area contributed by atoms with Crippen molar-refractivity contribution in [2.75, 3.05) is 19.8 Å². The fourth-order valence-electron chi connectivity index (χ4n) is 1.79. The van der Waals surface area contributed by atoms with Crippen molar-refractivity contribution in [1.82, 2.24) is 5.32 Å². The van der Waals surface area contributed by atoms with Crippen molar-refractivity contribution < 1.29 is 14.5 Å². The van der Waals surface area contributed by atoms with Crippen LogP contribution >= 0.6 is 23.2 Å². The van der Waals surface area contributed by atoms with Crippen LogP contribution in [0.2, 0.25) is 10.0 Å². The first kappa shape index (κ1) is 15.0. The van der Waals surface area contributed by atoms with Gasteiger partial charge in [-0.15, -0.1) is 0 Å². The van der Waals surface area contributed by atoms with Gasteiger partial charge in [-0.2, -0.15) is 0 Å². The Bertz CT molecular complexity index is 573. The molecule has 0 atom stereocenters. The Morgan fingerprint density at radius 3 is 2.65 bits per heavy atom. The molecule has 0 aromatic heterocycles. The van der Waals surface area contributed by atoms with Crippen LogP contribution in [0, 0.1) is 15.5 Å². The van der Waals surface area contributed by atoms with Crippen LogP contribution in [0.1, 0.15) is 17.3 Å². The van der Waals surface area contributed by atoms with Crippen molar-refractivity contribution in [1.29, 1.82) is 0 Å². The number of nitro groups is 1. The topological polar surface area (TPSA) is 81.5 Å². The van der Waals surface area contributed by atoms with Crippen LogP contribution in [0.4, 0.5) is 5.69 Å². The number of benzene rings is 1. The van der Waals surface area contributed by atoms with Crippen LogP contribution in [0.15, 0.2) is 12.1 Å². The maximum Gasteiger partial charge on any atom is 0.290 e. The van der Waals surface area contributed by atoms with Crippen molar-refractivity contribution in [3.05, 3.63) is 37.9 Å². The van der Waals surface area contributed by atoms with Gasteiger partial charge in [-0.05, 0) is 6.07 Å². The summed E-state index contributed by atoms with van der Waals surface area (Å²) in [5, 5.41) is 13.3. The first-order valence-corrected chi connectivity index (χ1v) is 6.57. The van der Waals surface area contributed by atoms with E-state index >= 15 is 0 Å². The number of amides is 1. The van der Waals surface area contributed by atoms with Crippen LogP contribution in [0.25, 0.3) is 0 Å². The molecule has 108 valence electrons. The molecule has 6 nitrogen and oxygen atoms in total. The minimum atomic E-state index is -0.675. The first-order chi connectivity index (χ1) is 9.32. The monoisotopic (exact) mass is 318 g/mol. The maximum absolute atomic E-state index is 12.0. The number of carbonyl (C=O) groups excluding carboxylic acids is 1. The lowest BCUT2D eigenvalue weighted by atomic mass is 9.88. The molecule has 1 aliphatic heterocycles. The third-order valence-corrected chi connectivity index (χ3v) is 3.84. The van der Waals surface area contributed by atoms with Gasteiger partial charge >= 0.3 is 0 Å². The molecule has 1 aromatic carbocycles. The SMILES string of the molecule is CC1(CNC(=O)c2cc(Cl)c(Cl)c([N+](=O)[O-])c2)COC1. The highest BCUT2D eigenvalue weighted by molar-refractivity contribution is 6.43. The summed E-state index contributed by atoms with van der Waals surface area (Å²) in [6.45, 7) is 3.57. The molecule has 1 aliphatic rings. The predicted octanol–water partition coefficient (Wildman–Crippen LogP) is 2.67. The van der Waals surface area contributed by atoms with Gasteiger partial charge in [0.1, 0.15) is 5.02 Å². The molecule has 8 heteroatoms. The summed E-state index contributed by atoms with van der Waals surface area (Å²) in [5.41, 5.74) is -0.366. The Morgan fingerprint density at radius 2 is 2.15 bits per heavy atom. The largest absolute Gasteiger partial charge is 0.380 e. The van der Waals surface area contributed by atoms with Gasteiger partial charge in [0.25, 0.3) is 11.6 Å². The number of halogens is 2. The molecule has 1 saturated heterocycles. The number of rotatable bonds is 4. The second-order valence-electron chi connectivity index (χ2n) is 5.03. The standard InChI is InChI=1S/C12H12Cl2N2O4/c1-12(5-20-6-12)4-15-11(17)7-2-8(13)10(14)9(3-7)16(18)19/h2-3H,4-6H2,1H3,(H,15,17). The van der Waals surface area contributed by atoms with Gasteiger partial charge in [-0.25, -0.2) is 0 Å². The summed E-state index contributed by atoms with van der Waals surface area (Å²) < 4.78 is 5.08. The molecule has 1 fully saturated rings. The third kappa shape index (κ3) is 3.03. The Labute approximate surface area is 125 Å². The molecule has 1 aromatic rings. The molecule has 0 radical (unpaired) electrons. The number of hydrogen-bond donors (Lipinski definition) is 1. The molecule has 0 spiro atoms. The highest BCUT2D eigenvalue weighted by Gasteiger charge is 2.33.